The second kappa shape index (κ2) is 8.28. The number of benzene rings is 1. The highest BCUT2D eigenvalue weighted by molar-refractivity contribution is 7.92. The van der Waals surface area contributed by atoms with Gasteiger partial charge in [-0.2, -0.15) is 13.2 Å². The monoisotopic (exact) mass is 392 g/mol. The lowest BCUT2D eigenvalue weighted by Gasteiger charge is -2.31. The van der Waals surface area contributed by atoms with E-state index >= 15 is 0 Å². The highest BCUT2D eigenvalue weighted by atomic mass is 32.2. The first-order valence-corrected chi connectivity index (χ1v) is 10.2. The van der Waals surface area contributed by atoms with Gasteiger partial charge in [-0.1, -0.05) is 19.4 Å². The molecule has 0 radical (unpaired) electrons. The summed E-state index contributed by atoms with van der Waals surface area (Å²) in [6.45, 7) is 1.74. The molecule has 0 bridgehead atoms. The van der Waals surface area contributed by atoms with E-state index in [1.54, 1.807) is 6.92 Å². The summed E-state index contributed by atoms with van der Waals surface area (Å²) in [6, 6.07) is 5.38. The number of sulfonamides is 1. The van der Waals surface area contributed by atoms with Crippen molar-refractivity contribution >= 4 is 21.6 Å². The van der Waals surface area contributed by atoms with Gasteiger partial charge in [0, 0.05) is 17.3 Å². The number of rotatable bonds is 6. The maximum atomic E-state index is 12.9. The van der Waals surface area contributed by atoms with Crippen molar-refractivity contribution in [1.82, 2.24) is 5.32 Å². The Bertz CT molecular complexity index is 735. The highest BCUT2D eigenvalue weighted by Crippen LogP contribution is 2.37. The van der Waals surface area contributed by atoms with Crippen LogP contribution in [0.25, 0.3) is 0 Å². The van der Waals surface area contributed by atoms with Crippen LogP contribution < -0.4 is 10.0 Å². The standard InChI is InChI=1S/C17H23F3N2O3S/c1-2-9-26(24,25)22-15-8-3-5-12(10-15)16(23)21-14-7-4-6-13(11-14)17(18,19)20/h3,5,8,10,13-14,22H,2,4,6-7,9,11H2,1H3,(H,21,23). The maximum Gasteiger partial charge on any atom is 0.391 e. The van der Waals surface area contributed by atoms with Gasteiger partial charge in [-0.05, 0) is 43.9 Å². The summed E-state index contributed by atoms with van der Waals surface area (Å²) in [5, 5.41) is 2.64. The molecule has 1 fully saturated rings. The minimum absolute atomic E-state index is 0.0374. The Hall–Kier alpha value is -1.77. The molecule has 1 aliphatic carbocycles. The Kier molecular flexibility index (Phi) is 6.54. The van der Waals surface area contributed by atoms with E-state index in [4.69, 9.17) is 0 Å². The number of carbonyl (C=O) groups excluding carboxylic acids is 1. The zero-order valence-corrected chi connectivity index (χ0v) is 15.3. The van der Waals surface area contributed by atoms with Gasteiger partial charge in [0.25, 0.3) is 5.91 Å². The van der Waals surface area contributed by atoms with Crippen LogP contribution in [0.5, 0.6) is 0 Å². The molecule has 26 heavy (non-hydrogen) atoms. The number of halogens is 3. The van der Waals surface area contributed by atoms with Crippen molar-refractivity contribution in [2.24, 2.45) is 5.92 Å². The van der Waals surface area contributed by atoms with Crippen LogP contribution >= 0.6 is 0 Å². The molecule has 1 amide bonds. The van der Waals surface area contributed by atoms with Crippen molar-refractivity contribution in [1.29, 1.82) is 0 Å². The van der Waals surface area contributed by atoms with Crippen LogP contribution in [0.3, 0.4) is 0 Å². The molecule has 0 aromatic heterocycles. The minimum Gasteiger partial charge on any atom is -0.349 e. The lowest BCUT2D eigenvalue weighted by Crippen LogP contribution is -2.41. The van der Waals surface area contributed by atoms with Crippen molar-refractivity contribution in [2.45, 2.75) is 51.2 Å². The Morgan fingerprint density at radius 2 is 2.00 bits per heavy atom. The van der Waals surface area contributed by atoms with E-state index < -0.39 is 34.1 Å². The largest absolute Gasteiger partial charge is 0.391 e. The molecule has 146 valence electrons. The minimum atomic E-state index is -4.25. The Morgan fingerprint density at radius 1 is 1.27 bits per heavy atom. The Morgan fingerprint density at radius 3 is 2.65 bits per heavy atom. The zero-order chi connectivity index (χ0) is 19.4. The number of amides is 1. The van der Waals surface area contributed by atoms with Crippen molar-refractivity contribution in [2.75, 3.05) is 10.5 Å². The van der Waals surface area contributed by atoms with Crippen LogP contribution in [0, 0.1) is 5.92 Å². The molecule has 0 aliphatic heterocycles. The van der Waals surface area contributed by atoms with E-state index in [0.717, 1.165) is 0 Å². The number of carbonyl (C=O) groups is 1. The van der Waals surface area contributed by atoms with E-state index in [0.29, 0.717) is 19.3 Å². The second-order valence-corrected chi connectivity index (χ2v) is 8.42. The number of anilines is 1. The molecule has 1 aromatic rings. The molecule has 1 aromatic carbocycles. The van der Waals surface area contributed by atoms with E-state index in [2.05, 4.69) is 10.0 Å². The highest BCUT2D eigenvalue weighted by Gasteiger charge is 2.42. The molecule has 2 unspecified atom stereocenters. The van der Waals surface area contributed by atoms with E-state index in [9.17, 15) is 26.4 Å². The van der Waals surface area contributed by atoms with Gasteiger partial charge in [-0.25, -0.2) is 8.42 Å². The van der Waals surface area contributed by atoms with E-state index in [1.807, 2.05) is 0 Å². The normalized spacial score (nSPS) is 21.2. The summed E-state index contributed by atoms with van der Waals surface area (Å²) >= 11 is 0. The van der Waals surface area contributed by atoms with Gasteiger partial charge in [0.2, 0.25) is 10.0 Å². The van der Waals surface area contributed by atoms with Crippen LogP contribution in [0.4, 0.5) is 18.9 Å². The molecule has 1 saturated carbocycles. The molecule has 2 atom stereocenters. The predicted octanol–water partition coefficient (Wildman–Crippen LogP) is 3.69. The van der Waals surface area contributed by atoms with Crippen LogP contribution in [-0.2, 0) is 10.0 Å². The fraction of sp³-hybridized carbons (Fsp3) is 0.588. The number of nitrogens with one attached hydrogen (secondary N) is 2. The third kappa shape index (κ3) is 5.89. The van der Waals surface area contributed by atoms with Gasteiger partial charge in [0.15, 0.2) is 0 Å². The van der Waals surface area contributed by atoms with Gasteiger partial charge in [0.05, 0.1) is 11.7 Å². The number of hydrogen-bond acceptors (Lipinski definition) is 3. The van der Waals surface area contributed by atoms with Crippen molar-refractivity contribution in [3.05, 3.63) is 29.8 Å². The summed E-state index contributed by atoms with van der Waals surface area (Å²) in [7, 11) is -3.48. The summed E-state index contributed by atoms with van der Waals surface area (Å²) in [5.41, 5.74) is 0.457. The average molecular weight is 392 g/mol. The van der Waals surface area contributed by atoms with Crippen LogP contribution in [-0.4, -0.2) is 32.3 Å². The molecule has 9 heteroatoms. The second-order valence-electron chi connectivity index (χ2n) is 6.58. The molecular formula is C17H23F3N2O3S. The SMILES string of the molecule is CCCS(=O)(=O)Nc1cccc(C(=O)NC2CCCC(C(F)(F)F)C2)c1. The van der Waals surface area contributed by atoms with Crippen molar-refractivity contribution in [3.8, 4) is 0 Å². The van der Waals surface area contributed by atoms with Crippen molar-refractivity contribution < 1.29 is 26.4 Å². The lowest BCUT2D eigenvalue weighted by molar-refractivity contribution is -0.183. The van der Waals surface area contributed by atoms with Gasteiger partial charge < -0.3 is 5.32 Å². The third-order valence-electron chi connectivity index (χ3n) is 4.34. The maximum absolute atomic E-state index is 12.9. The van der Waals surface area contributed by atoms with Gasteiger partial charge in [-0.3, -0.25) is 9.52 Å². The molecule has 0 heterocycles. The fourth-order valence-corrected chi connectivity index (χ4v) is 4.24. The quantitative estimate of drug-likeness (QED) is 0.775. The first-order valence-electron chi connectivity index (χ1n) is 8.59. The molecular weight excluding hydrogens is 369 g/mol. The molecule has 2 rings (SSSR count). The van der Waals surface area contributed by atoms with Gasteiger partial charge in [-0.15, -0.1) is 0 Å². The topological polar surface area (TPSA) is 75.3 Å². The summed E-state index contributed by atoms with van der Waals surface area (Å²) in [4.78, 5) is 12.3. The van der Waals surface area contributed by atoms with Crippen LogP contribution in [0.1, 0.15) is 49.4 Å². The number of hydrogen-bond donors (Lipinski definition) is 2. The average Bonchev–Trinajstić information content (AvgIpc) is 2.54. The molecule has 2 N–H and O–H groups in total. The zero-order valence-electron chi connectivity index (χ0n) is 14.5. The summed E-state index contributed by atoms with van der Waals surface area (Å²) in [5.74, 6) is -1.94. The molecule has 1 aliphatic rings. The predicted molar refractivity (Wildman–Crippen MR) is 93.4 cm³/mol. The molecule has 5 nitrogen and oxygen atoms in total. The van der Waals surface area contributed by atoms with Crippen molar-refractivity contribution in [3.63, 3.8) is 0 Å². The first kappa shape index (κ1) is 20.5. The lowest BCUT2D eigenvalue weighted by atomic mass is 9.85. The van der Waals surface area contributed by atoms with Crippen LogP contribution in [0.2, 0.25) is 0 Å². The Balaban J connectivity index is 2.02. The van der Waals surface area contributed by atoms with Gasteiger partial charge >= 0.3 is 6.18 Å². The third-order valence-corrected chi connectivity index (χ3v) is 5.84. The van der Waals surface area contributed by atoms with Crippen LogP contribution in [0.15, 0.2) is 24.3 Å². The Labute approximate surface area is 151 Å². The van der Waals surface area contributed by atoms with E-state index in [-0.39, 0.29) is 29.8 Å². The summed E-state index contributed by atoms with van der Waals surface area (Å²) < 4.78 is 64.6. The van der Waals surface area contributed by atoms with Gasteiger partial charge in [0.1, 0.15) is 0 Å². The smallest absolute Gasteiger partial charge is 0.349 e. The molecule has 0 spiro atoms. The number of alkyl halides is 3. The first-order chi connectivity index (χ1) is 12.1. The fourth-order valence-electron chi connectivity index (χ4n) is 3.11. The molecule has 0 saturated heterocycles. The van der Waals surface area contributed by atoms with E-state index in [1.165, 1.54) is 24.3 Å². The summed E-state index contributed by atoms with van der Waals surface area (Å²) in [6.07, 6.45) is -2.92.